The van der Waals surface area contributed by atoms with E-state index in [1.54, 1.807) is 16.8 Å². The number of alkyl halides is 1. The van der Waals surface area contributed by atoms with Gasteiger partial charge in [-0.1, -0.05) is 11.6 Å². The molecule has 0 aliphatic rings. The zero-order valence-corrected chi connectivity index (χ0v) is 6.93. The van der Waals surface area contributed by atoms with Gasteiger partial charge in [-0.2, -0.15) is 0 Å². The van der Waals surface area contributed by atoms with Crippen molar-refractivity contribution in [3.8, 4) is 5.75 Å². The molecule has 0 amide bonds. The highest BCUT2D eigenvalue weighted by Gasteiger charge is 2.14. The average molecular weight is 193 g/mol. The summed E-state index contributed by atoms with van der Waals surface area (Å²) in [6, 6.07) is 1.66. The van der Waals surface area contributed by atoms with Crippen molar-refractivity contribution in [2.45, 2.75) is 5.56 Å². The van der Waals surface area contributed by atoms with Crippen molar-refractivity contribution in [1.82, 2.24) is 0 Å². The second-order valence-electron chi connectivity index (χ2n) is 1.73. The lowest BCUT2D eigenvalue weighted by molar-refractivity contribution is -0.141. The monoisotopic (exact) mass is 192 g/mol. The number of carboxylic acids is 1. The van der Waals surface area contributed by atoms with Crippen molar-refractivity contribution in [2.24, 2.45) is 0 Å². The fourth-order valence-corrected chi connectivity index (χ4v) is 1.15. The molecule has 0 spiro atoms. The van der Waals surface area contributed by atoms with E-state index in [0.717, 1.165) is 0 Å². The Hall–Kier alpha value is -0.740. The van der Waals surface area contributed by atoms with E-state index in [1.165, 1.54) is 11.3 Å². The molecule has 0 aliphatic carbocycles. The topological polar surface area (TPSA) is 46.5 Å². The molecule has 5 heteroatoms. The summed E-state index contributed by atoms with van der Waals surface area (Å²) >= 11 is 6.71. The molecule has 1 heterocycles. The number of ether oxygens (including phenoxy) is 1. The van der Waals surface area contributed by atoms with Gasteiger partial charge >= 0.3 is 5.97 Å². The maximum atomic E-state index is 10.2. The Morgan fingerprint density at radius 3 is 3.00 bits per heavy atom. The first-order valence-corrected chi connectivity index (χ1v) is 4.14. The summed E-state index contributed by atoms with van der Waals surface area (Å²) in [6.45, 7) is 0. The molecule has 1 N–H and O–H groups in total. The van der Waals surface area contributed by atoms with Gasteiger partial charge in [0.1, 0.15) is 5.75 Å². The molecule has 0 saturated carbocycles. The van der Waals surface area contributed by atoms with Crippen LogP contribution in [0.3, 0.4) is 0 Å². The minimum Gasteiger partial charge on any atom is -0.478 e. The highest BCUT2D eigenvalue weighted by atomic mass is 35.5. The molecule has 1 aromatic heterocycles. The zero-order valence-electron chi connectivity index (χ0n) is 5.36. The first-order chi connectivity index (χ1) is 5.20. The molecule has 0 radical (unpaired) electrons. The average Bonchev–Trinajstić information content (AvgIpc) is 2.39. The Morgan fingerprint density at radius 1 is 1.82 bits per heavy atom. The number of carbonyl (C=O) groups is 1. The molecule has 1 unspecified atom stereocenters. The first-order valence-electron chi connectivity index (χ1n) is 2.76. The number of aliphatic carboxylic acids is 1. The highest BCUT2D eigenvalue weighted by molar-refractivity contribution is 7.08. The SMILES string of the molecule is O=C(O)C(Cl)Oc1ccsc1. The minimum atomic E-state index is -1.30. The number of hydrogen-bond acceptors (Lipinski definition) is 3. The van der Waals surface area contributed by atoms with Crippen LogP contribution in [0.1, 0.15) is 0 Å². The fraction of sp³-hybridized carbons (Fsp3) is 0.167. The van der Waals surface area contributed by atoms with Gasteiger partial charge in [0.05, 0.1) is 0 Å². The molecule has 3 nitrogen and oxygen atoms in total. The van der Waals surface area contributed by atoms with E-state index in [1.807, 2.05) is 0 Å². The van der Waals surface area contributed by atoms with Gasteiger partial charge in [0.15, 0.2) is 0 Å². The molecule has 1 rings (SSSR count). The van der Waals surface area contributed by atoms with Crippen molar-refractivity contribution < 1.29 is 14.6 Å². The summed E-state index contributed by atoms with van der Waals surface area (Å²) in [5, 5.41) is 11.8. The quantitative estimate of drug-likeness (QED) is 0.743. The van der Waals surface area contributed by atoms with Crippen molar-refractivity contribution in [2.75, 3.05) is 0 Å². The van der Waals surface area contributed by atoms with Gasteiger partial charge in [-0.05, 0) is 11.4 Å². The van der Waals surface area contributed by atoms with Gasteiger partial charge in [0.25, 0.3) is 5.56 Å². The van der Waals surface area contributed by atoms with Crippen molar-refractivity contribution in [3.05, 3.63) is 16.8 Å². The van der Waals surface area contributed by atoms with Crippen LogP contribution in [-0.2, 0) is 4.79 Å². The summed E-state index contributed by atoms with van der Waals surface area (Å²) in [4.78, 5) is 10.2. The third kappa shape index (κ3) is 2.40. The summed E-state index contributed by atoms with van der Waals surface area (Å²) in [6.07, 6.45) is 0. The maximum Gasteiger partial charge on any atom is 0.360 e. The molecule has 1 atom stereocenters. The summed E-state index contributed by atoms with van der Waals surface area (Å²) < 4.78 is 4.79. The molecule has 60 valence electrons. The van der Waals surface area contributed by atoms with Crippen LogP contribution in [0.5, 0.6) is 5.75 Å². The highest BCUT2D eigenvalue weighted by Crippen LogP contribution is 2.17. The van der Waals surface area contributed by atoms with E-state index >= 15 is 0 Å². The normalized spacial score (nSPS) is 12.5. The molecule has 11 heavy (non-hydrogen) atoms. The number of thiophene rings is 1. The lowest BCUT2D eigenvalue weighted by Gasteiger charge is -2.04. The molecular weight excluding hydrogens is 188 g/mol. The first kappa shape index (κ1) is 8.36. The smallest absolute Gasteiger partial charge is 0.360 e. The van der Waals surface area contributed by atoms with E-state index < -0.39 is 11.5 Å². The molecule has 0 aliphatic heterocycles. The zero-order chi connectivity index (χ0) is 8.27. The van der Waals surface area contributed by atoms with Crippen molar-refractivity contribution in [3.63, 3.8) is 0 Å². The van der Waals surface area contributed by atoms with Gasteiger partial charge in [0, 0.05) is 5.38 Å². The van der Waals surface area contributed by atoms with E-state index in [-0.39, 0.29) is 0 Å². The summed E-state index contributed by atoms with van der Waals surface area (Å²) in [5.74, 6) is -0.699. The van der Waals surface area contributed by atoms with Gasteiger partial charge in [-0.25, -0.2) is 4.79 Å². The van der Waals surface area contributed by atoms with E-state index in [4.69, 9.17) is 21.4 Å². The van der Waals surface area contributed by atoms with Gasteiger partial charge < -0.3 is 9.84 Å². The Balaban J connectivity index is 2.50. The largest absolute Gasteiger partial charge is 0.478 e. The van der Waals surface area contributed by atoms with Crippen LogP contribution in [0.4, 0.5) is 0 Å². The molecular formula is C6H5ClO3S. The van der Waals surface area contributed by atoms with Crippen molar-refractivity contribution in [1.29, 1.82) is 0 Å². The van der Waals surface area contributed by atoms with Gasteiger partial charge in [0.2, 0.25) is 0 Å². The second-order valence-corrected chi connectivity index (χ2v) is 2.91. The van der Waals surface area contributed by atoms with E-state index in [9.17, 15) is 4.79 Å². The van der Waals surface area contributed by atoms with Crippen LogP contribution in [0.25, 0.3) is 0 Å². The van der Waals surface area contributed by atoms with Crippen LogP contribution < -0.4 is 4.74 Å². The Morgan fingerprint density at radius 2 is 2.55 bits per heavy atom. The Labute approximate surface area is 72.2 Å². The number of halogens is 1. The third-order valence-corrected chi connectivity index (χ3v) is 1.87. The molecule has 1 aromatic rings. The maximum absolute atomic E-state index is 10.2. The second kappa shape index (κ2) is 3.59. The molecule has 0 saturated heterocycles. The Bertz CT molecular complexity index is 234. The lowest BCUT2D eigenvalue weighted by Crippen LogP contribution is -2.19. The standard InChI is InChI=1S/C6H5ClO3S/c7-5(6(8)9)10-4-1-2-11-3-4/h1-3,5H,(H,8,9). The molecule has 0 fully saturated rings. The van der Waals surface area contributed by atoms with Crippen LogP contribution in [0.15, 0.2) is 16.8 Å². The van der Waals surface area contributed by atoms with E-state index in [0.29, 0.717) is 5.75 Å². The lowest BCUT2D eigenvalue weighted by atomic mass is 10.6. The molecule has 0 bridgehead atoms. The summed E-state index contributed by atoms with van der Waals surface area (Å²) in [5.41, 5.74) is -1.30. The third-order valence-electron chi connectivity index (χ3n) is 0.929. The number of carboxylic acid groups (broad SMARTS) is 1. The van der Waals surface area contributed by atoms with Crippen LogP contribution in [0, 0.1) is 0 Å². The van der Waals surface area contributed by atoms with Crippen molar-refractivity contribution >= 4 is 28.9 Å². The summed E-state index contributed by atoms with van der Waals surface area (Å²) in [7, 11) is 0. The Kier molecular flexibility index (Phi) is 2.73. The molecule has 0 aromatic carbocycles. The minimum absolute atomic E-state index is 0.484. The number of rotatable bonds is 3. The predicted molar refractivity (Wildman–Crippen MR) is 42.2 cm³/mol. The van der Waals surface area contributed by atoms with E-state index in [2.05, 4.69) is 0 Å². The predicted octanol–water partition coefficient (Wildman–Crippen LogP) is 1.78. The number of hydrogen-bond donors (Lipinski definition) is 1. The van der Waals surface area contributed by atoms with Crippen LogP contribution >= 0.6 is 22.9 Å². The van der Waals surface area contributed by atoms with Gasteiger partial charge in [-0.3, -0.25) is 0 Å². The van der Waals surface area contributed by atoms with Crippen LogP contribution in [-0.4, -0.2) is 16.6 Å². The van der Waals surface area contributed by atoms with Gasteiger partial charge in [-0.15, -0.1) is 11.3 Å². The fourth-order valence-electron chi connectivity index (χ4n) is 0.489. The van der Waals surface area contributed by atoms with Crippen LogP contribution in [0.2, 0.25) is 0 Å².